The van der Waals surface area contributed by atoms with E-state index in [1.807, 2.05) is 60.7 Å². The number of aliphatic imine (C=N–C) groups is 1. The van der Waals surface area contributed by atoms with Crippen molar-refractivity contribution in [2.24, 2.45) is 4.99 Å². The smallest absolute Gasteiger partial charge is 0.269 e. The summed E-state index contributed by atoms with van der Waals surface area (Å²) in [6, 6.07) is 23.6. The number of fused-ring (bicyclic) bond motifs is 1. The molecule has 0 radical (unpaired) electrons. The number of ether oxygens (including phenoxy) is 1. The largest absolute Gasteiger partial charge is 0.497 e. The minimum atomic E-state index is -0.0209. The number of methoxy groups -OCH3 is 1. The number of thioether (sulfide) groups is 2. The SMILES string of the molecule is CCN1/C(=C2/SC(=Nc3cccc(Cl)c3)N(CCc3ccccc3)C2=O)Sc2ccc(OC)cc21. The molecule has 35 heavy (non-hydrogen) atoms. The molecule has 0 atom stereocenters. The Hall–Kier alpha value is -2.87. The number of carbonyl (C=O) groups excluding carboxylic acids is 1. The van der Waals surface area contributed by atoms with Gasteiger partial charge in [-0.25, -0.2) is 4.99 Å². The molecular weight excluding hydrogens is 498 g/mol. The Balaban J connectivity index is 1.52. The highest BCUT2D eigenvalue weighted by Crippen LogP contribution is 2.51. The van der Waals surface area contributed by atoms with E-state index in [-0.39, 0.29) is 5.91 Å². The Labute approximate surface area is 218 Å². The lowest BCUT2D eigenvalue weighted by Gasteiger charge is -2.19. The number of nitrogens with zero attached hydrogens (tertiary/aromatic N) is 3. The van der Waals surface area contributed by atoms with Crippen LogP contribution < -0.4 is 9.64 Å². The first-order valence-electron chi connectivity index (χ1n) is 11.3. The Kier molecular flexibility index (Phi) is 7.09. The Morgan fingerprint density at radius 2 is 1.80 bits per heavy atom. The van der Waals surface area contributed by atoms with E-state index in [9.17, 15) is 4.79 Å². The number of hydrogen-bond donors (Lipinski definition) is 0. The van der Waals surface area contributed by atoms with Gasteiger partial charge in [0.25, 0.3) is 5.91 Å². The zero-order valence-electron chi connectivity index (χ0n) is 19.4. The first kappa shape index (κ1) is 23.9. The fourth-order valence-electron chi connectivity index (χ4n) is 4.03. The molecular formula is C27H24ClN3O2S2. The van der Waals surface area contributed by atoms with Crippen LogP contribution in [-0.2, 0) is 11.2 Å². The van der Waals surface area contributed by atoms with E-state index < -0.39 is 0 Å². The van der Waals surface area contributed by atoms with Gasteiger partial charge in [-0.15, -0.1) is 0 Å². The highest BCUT2D eigenvalue weighted by molar-refractivity contribution is 8.19. The molecule has 0 spiro atoms. The first-order chi connectivity index (χ1) is 17.1. The van der Waals surface area contributed by atoms with Gasteiger partial charge < -0.3 is 9.64 Å². The molecule has 8 heteroatoms. The van der Waals surface area contributed by atoms with E-state index in [1.165, 1.54) is 17.3 Å². The van der Waals surface area contributed by atoms with Gasteiger partial charge in [-0.05, 0) is 61.0 Å². The first-order valence-corrected chi connectivity index (χ1v) is 13.3. The van der Waals surface area contributed by atoms with Gasteiger partial charge in [0, 0.05) is 29.1 Å². The van der Waals surface area contributed by atoms with E-state index in [2.05, 4.69) is 24.0 Å². The second-order valence-electron chi connectivity index (χ2n) is 7.98. The molecule has 0 N–H and O–H groups in total. The lowest BCUT2D eigenvalue weighted by molar-refractivity contribution is -0.122. The summed E-state index contributed by atoms with van der Waals surface area (Å²) >= 11 is 9.25. The highest BCUT2D eigenvalue weighted by Gasteiger charge is 2.39. The van der Waals surface area contributed by atoms with Crippen molar-refractivity contribution in [1.29, 1.82) is 0 Å². The fourth-order valence-corrected chi connectivity index (χ4v) is 6.61. The van der Waals surface area contributed by atoms with Crippen molar-refractivity contribution in [3.05, 3.63) is 93.3 Å². The van der Waals surface area contributed by atoms with E-state index >= 15 is 0 Å². The summed E-state index contributed by atoms with van der Waals surface area (Å²) in [6.45, 7) is 3.38. The number of halogens is 1. The molecule has 0 bridgehead atoms. The maximum Gasteiger partial charge on any atom is 0.269 e. The zero-order valence-corrected chi connectivity index (χ0v) is 21.8. The average Bonchev–Trinajstić information content (AvgIpc) is 3.39. The summed E-state index contributed by atoms with van der Waals surface area (Å²) in [6.07, 6.45) is 0.742. The van der Waals surface area contributed by atoms with Crippen LogP contribution in [0.4, 0.5) is 11.4 Å². The molecule has 3 aromatic carbocycles. The van der Waals surface area contributed by atoms with Crippen LogP contribution in [0.25, 0.3) is 0 Å². The van der Waals surface area contributed by atoms with Gasteiger partial charge in [0.1, 0.15) is 15.7 Å². The van der Waals surface area contributed by atoms with Crippen molar-refractivity contribution in [3.8, 4) is 5.75 Å². The van der Waals surface area contributed by atoms with Gasteiger partial charge in [0.2, 0.25) is 0 Å². The van der Waals surface area contributed by atoms with Crippen molar-refractivity contribution in [1.82, 2.24) is 4.90 Å². The van der Waals surface area contributed by atoms with E-state index in [4.69, 9.17) is 21.3 Å². The maximum absolute atomic E-state index is 13.8. The summed E-state index contributed by atoms with van der Waals surface area (Å²) in [5, 5.41) is 2.22. The van der Waals surface area contributed by atoms with Gasteiger partial charge in [0.15, 0.2) is 5.17 Å². The van der Waals surface area contributed by atoms with Crippen LogP contribution in [0.2, 0.25) is 5.02 Å². The Bertz CT molecular complexity index is 1330. The van der Waals surface area contributed by atoms with Crippen LogP contribution in [0.1, 0.15) is 12.5 Å². The van der Waals surface area contributed by atoms with Crippen LogP contribution in [0, 0.1) is 0 Å². The molecule has 5 rings (SSSR count). The summed E-state index contributed by atoms with van der Waals surface area (Å²) < 4.78 is 5.44. The molecule has 3 aromatic rings. The average molecular weight is 522 g/mol. The van der Waals surface area contributed by atoms with Gasteiger partial charge in [0.05, 0.1) is 18.5 Å². The molecule has 2 heterocycles. The van der Waals surface area contributed by atoms with Gasteiger partial charge >= 0.3 is 0 Å². The molecule has 2 aliphatic rings. The molecule has 0 aliphatic carbocycles. The quantitative estimate of drug-likeness (QED) is 0.328. The van der Waals surface area contributed by atoms with Gasteiger partial charge in [-0.1, -0.05) is 59.8 Å². The van der Waals surface area contributed by atoms with Crippen molar-refractivity contribution in [2.45, 2.75) is 18.2 Å². The zero-order chi connectivity index (χ0) is 24.4. The molecule has 0 unspecified atom stereocenters. The second kappa shape index (κ2) is 10.4. The monoisotopic (exact) mass is 521 g/mol. The number of benzene rings is 3. The highest BCUT2D eigenvalue weighted by atomic mass is 35.5. The third kappa shape index (κ3) is 4.94. The number of rotatable bonds is 6. The molecule has 178 valence electrons. The number of amidine groups is 1. The lowest BCUT2D eigenvalue weighted by atomic mass is 10.1. The summed E-state index contributed by atoms with van der Waals surface area (Å²) in [5.74, 6) is 0.777. The van der Waals surface area contributed by atoms with Crippen molar-refractivity contribution in [2.75, 3.05) is 25.1 Å². The topological polar surface area (TPSA) is 45.1 Å². The standard InChI is InChI=1S/C27H24ClN3O2S2/c1-3-30-22-17-21(33-2)12-13-23(22)34-26(30)24-25(32)31(15-14-18-8-5-4-6-9-18)27(35-24)29-20-11-7-10-19(28)16-20/h4-13,16-17H,3,14-15H2,1-2H3/b26-24-,29-27?. The van der Waals surface area contributed by atoms with Crippen LogP contribution in [0.3, 0.4) is 0 Å². The Morgan fingerprint density at radius 3 is 2.54 bits per heavy atom. The van der Waals surface area contributed by atoms with Crippen molar-refractivity contribution in [3.63, 3.8) is 0 Å². The summed E-state index contributed by atoms with van der Waals surface area (Å²) in [5.41, 5.74) is 2.96. The second-order valence-corrected chi connectivity index (χ2v) is 10.4. The third-order valence-electron chi connectivity index (χ3n) is 5.78. The minimum absolute atomic E-state index is 0.0209. The normalized spacial score (nSPS) is 18.5. The number of amides is 1. The molecule has 0 saturated carbocycles. The molecule has 2 aliphatic heterocycles. The lowest BCUT2D eigenvalue weighted by Crippen LogP contribution is -2.32. The molecule has 0 aromatic heterocycles. The third-order valence-corrected chi connectivity index (χ3v) is 8.40. The van der Waals surface area contributed by atoms with Crippen LogP contribution >= 0.6 is 35.1 Å². The Morgan fingerprint density at radius 1 is 0.971 bits per heavy atom. The number of anilines is 1. The maximum atomic E-state index is 13.8. The van der Waals surface area contributed by atoms with Gasteiger partial charge in [-0.3, -0.25) is 9.69 Å². The molecule has 1 amide bonds. The van der Waals surface area contributed by atoms with Crippen LogP contribution in [0.5, 0.6) is 5.75 Å². The molecule has 1 fully saturated rings. The van der Waals surface area contributed by atoms with E-state index in [0.29, 0.717) is 21.6 Å². The van der Waals surface area contributed by atoms with Crippen LogP contribution in [0.15, 0.2) is 92.6 Å². The minimum Gasteiger partial charge on any atom is -0.497 e. The number of hydrogen-bond acceptors (Lipinski definition) is 6. The van der Waals surface area contributed by atoms with Crippen LogP contribution in [-0.4, -0.2) is 36.2 Å². The van der Waals surface area contributed by atoms with E-state index in [0.717, 1.165) is 40.0 Å². The number of carbonyl (C=O) groups is 1. The summed E-state index contributed by atoms with van der Waals surface area (Å²) in [4.78, 5) is 24.4. The summed E-state index contributed by atoms with van der Waals surface area (Å²) in [7, 11) is 1.67. The molecule has 1 saturated heterocycles. The van der Waals surface area contributed by atoms with E-state index in [1.54, 1.807) is 23.8 Å². The van der Waals surface area contributed by atoms with Crippen molar-refractivity contribution < 1.29 is 9.53 Å². The molecule has 5 nitrogen and oxygen atoms in total. The van der Waals surface area contributed by atoms with Crippen molar-refractivity contribution >= 4 is 57.6 Å². The predicted octanol–water partition coefficient (Wildman–Crippen LogP) is 6.96. The predicted molar refractivity (Wildman–Crippen MR) is 147 cm³/mol. The fraction of sp³-hybridized carbons (Fsp3) is 0.185. The van der Waals surface area contributed by atoms with Gasteiger partial charge in [-0.2, -0.15) is 0 Å².